The van der Waals surface area contributed by atoms with Crippen LogP contribution in [0.4, 0.5) is 0 Å². The second-order valence-corrected chi connectivity index (χ2v) is 5.82. The Kier molecular flexibility index (Phi) is 5.73. The molecule has 0 amide bonds. The topological polar surface area (TPSA) is 32.7 Å². The van der Waals surface area contributed by atoms with Crippen molar-refractivity contribution in [3.8, 4) is 0 Å². The average Bonchev–Trinajstić information content (AvgIpc) is 2.24. The Labute approximate surface area is 99.8 Å². The summed E-state index contributed by atoms with van der Waals surface area (Å²) in [6, 6.07) is 0. The van der Waals surface area contributed by atoms with Crippen LogP contribution in [0.25, 0.3) is 0 Å². The Hall–Kier alpha value is -0.120. The second kappa shape index (κ2) is 6.58. The third-order valence-corrected chi connectivity index (χ3v) is 3.60. The molecular weight excluding hydrogens is 202 g/mol. The molecule has 0 aliphatic carbocycles. The second-order valence-electron chi connectivity index (χ2n) is 5.82. The van der Waals surface area contributed by atoms with E-state index >= 15 is 0 Å². The van der Waals surface area contributed by atoms with Crippen molar-refractivity contribution in [1.82, 2.24) is 4.90 Å². The van der Waals surface area contributed by atoms with Crippen molar-refractivity contribution in [2.24, 2.45) is 11.3 Å². The molecule has 0 saturated carbocycles. The average molecular weight is 229 g/mol. The van der Waals surface area contributed by atoms with E-state index in [1.54, 1.807) is 0 Å². The molecule has 0 unspecified atom stereocenters. The smallest absolute Gasteiger partial charge is 0.0698 e. The van der Waals surface area contributed by atoms with Crippen LogP contribution in [-0.4, -0.2) is 49.5 Å². The lowest BCUT2D eigenvalue weighted by Gasteiger charge is -2.38. The van der Waals surface area contributed by atoms with Crippen LogP contribution in [0.1, 0.15) is 33.6 Å². The van der Waals surface area contributed by atoms with Gasteiger partial charge in [-0.3, -0.25) is 0 Å². The zero-order valence-corrected chi connectivity index (χ0v) is 11.0. The lowest BCUT2D eigenvalue weighted by Crippen LogP contribution is -2.39. The first-order valence-electron chi connectivity index (χ1n) is 6.45. The summed E-state index contributed by atoms with van der Waals surface area (Å²) in [6.07, 6.45) is 2.62. The molecule has 1 fully saturated rings. The molecule has 96 valence electrons. The maximum absolute atomic E-state index is 8.59. The van der Waals surface area contributed by atoms with Crippen molar-refractivity contribution in [1.29, 1.82) is 0 Å². The molecule has 3 nitrogen and oxygen atoms in total. The number of ether oxygens (including phenoxy) is 1. The minimum absolute atomic E-state index is 0.131. The van der Waals surface area contributed by atoms with Gasteiger partial charge in [0.15, 0.2) is 0 Å². The highest BCUT2D eigenvalue weighted by atomic mass is 16.5. The summed E-state index contributed by atoms with van der Waals surface area (Å²) >= 11 is 0. The van der Waals surface area contributed by atoms with E-state index in [0.717, 1.165) is 19.1 Å². The lowest BCUT2D eigenvalue weighted by atomic mass is 9.75. The number of rotatable bonds is 5. The normalized spacial score (nSPS) is 20.2. The predicted octanol–water partition coefficient (Wildman–Crippen LogP) is 1.75. The molecule has 16 heavy (non-hydrogen) atoms. The van der Waals surface area contributed by atoms with Crippen LogP contribution in [0.3, 0.4) is 0 Å². The van der Waals surface area contributed by atoms with E-state index in [9.17, 15) is 0 Å². The van der Waals surface area contributed by atoms with Gasteiger partial charge in [0.05, 0.1) is 19.8 Å². The van der Waals surface area contributed by atoms with Crippen molar-refractivity contribution in [2.45, 2.75) is 33.6 Å². The van der Waals surface area contributed by atoms with Crippen LogP contribution in [0, 0.1) is 11.3 Å². The van der Waals surface area contributed by atoms with Gasteiger partial charge in [-0.15, -0.1) is 0 Å². The number of hydrogen-bond donors (Lipinski definition) is 1. The zero-order chi connectivity index (χ0) is 12.0. The molecule has 0 aromatic heterocycles. The van der Waals surface area contributed by atoms with E-state index in [0.29, 0.717) is 12.0 Å². The third-order valence-electron chi connectivity index (χ3n) is 3.60. The van der Waals surface area contributed by atoms with Crippen LogP contribution in [0.15, 0.2) is 0 Å². The summed E-state index contributed by atoms with van der Waals surface area (Å²) in [5, 5.41) is 8.59. The summed E-state index contributed by atoms with van der Waals surface area (Å²) in [4.78, 5) is 2.47. The van der Waals surface area contributed by atoms with Crippen LogP contribution in [0.5, 0.6) is 0 Å². The molecule has 1 heterocycles. The molecule has 0 aromatic carbocycles. The molecule has 1 aliphatic rings. The standard InChI is InChI=1S/C13H27NO2/c1-13(2,3)12-4-6-14(7-5-12)8-10-16-11-9-15/h12,15H,4-11H2,1-3H3. The van der Waals surface area contributed by atoms with Gasteiger partial charge in [-0.1, -0.05) is 20.8 Å². The number of nitrogens with zero attached hydrogens (tertiary/aromatic N) is 1. The van der Waals surface area contributed by atoms with Crippen LogP contribution >= 0.6 is 0 Å². The van der Waals surface area contributed by atoms with E-state index in [4.69, 9.17) is 9.84 Å². The Morgan fingerprint density at radius 1 is 1.19 bits per heavy atom. The quantitative estimate of drug-likeness (QED) is 0.729. The first-order chi connectivity index (χ1) is 7.54. The van der Waals surface area contributed by atoms with Gasteiger partial charge >= 0.3 is 0 Å². The number of likely N-dealkylation sites (tertiary alicyclic amines) is 1. The maximum Gasteiger partial charge on any atom is 0.0698 e. The first kappa shape index (κ1) is 13.9. The molecule has 0 bridgehead atoms. The first-order valence-corrected chi connectivity index (χ1v) is 6.45. The molecule has 1 aliphatic heterocycles. The Morgan fingerprint density at radius 2 is 1.81 bits per heavy atom. The van der Waals surface area contributed by atoms with E-state index in [2.05, 4.69) is 25.7 Å². The fourth-order valence-corrected chi connectivity index (χ4v) is 2.38. The highest BCUT2D eigenvalue weighted by Gasteiger charge is 2.28. The third kappa shape index (κ3) is 4.81. The van der Waals surface area contributed by atoms with Crippen molar-refractivity contribution in [3.63, 3.8) is 0 Å². The van der Waals surface area contributed by atoms with Crippen LogP contribution < -0.4 is 0 Å². The molecule has 1 rings (SSSR count). The summed E-state index contributed by atoms with van der Waals surface area (Å²) in [5.41, 5.74) is 0.458. The molecule has 1 saturated heterocycles. The summed E-state index contributed by atoms with van der Waals surface area (Å²) in [7, 11) is 0. The van der Waals surface area contributed by atoms with Gasteiger partial charge in [0.25, 0.3) is 0 Å². The fraction of sp³-hybridized carbons (Fsp3) is 1.00. The van der Waals surface area contributed by atoms with E-state index in [1.807, 2.05) is 0 Å². The van der Waals surface area contributed by atoms with E-state index < -0.39 is 0 Å². The highest BCUT2D eigenvalue weighted by Crippen LogP contribution is 2.33. The number of piperidine rings is 1. The number of aliphatic hydroxyl groups is 1. The fourth-order valence-electron chi connectivity index (χ4n) is 2.38. The van der Waals surface area contributed by atoms with E-state index in [-0.39, 0.29) is 6.61 Å². The van der Waals surface area contributed by atoms with Gasteiger partial charge in [-0.25, -0.2) is 0 Å². The van der Waals surface area contributed by atoms with Gasteiger partial charge in [0, 0.05) is 6.54 Å². The van der Waals surface area contributed by atoms with E-state index in [1.165, 1.54) is 25.9 Å². The molecule has 3 heteroatoms. The Morgan fingerprint density at radius 3 is 2.31 bits per heavy atom. The predicted molar refractivity (Wildman–Crippen MR) is 66.5 cm³/mol. The van der Waals surface area contributed by atoms with Crippen molar-refractivity contribution in [3.05, 3.63) is 0 Å². The summed E-state index contributed by atoms with van der Waals surface area (Å²) < 4.78 is 5.29. The summed E-state index contributed by atoms with van der Waals surface area (Å²) in [6.45, 7) is 11.8. The lowest BCUT2D eigenvalue weighted by molar-refractivity contribution is 0.0540. The maximum atomic E-state index is 8.59. The number of aliphatic hydroxyl groups excluding tert-OH is 1. The van der Waals surface area contributed by atoms with Crippen molar-refractivity contribution >= 4 is 0 Å². The van der Waals surface area contributed by atoms with Crippen LogP contribution in [0.2, 0.25) is 0 Å². The van der Waals surface area contributed by atoms with Crippen LogP contribution in [-0.2, 0) is 4.74 Å². The molecule has 0 radical (unpaired) electrons. The summed E-state index contributed by atoms with van der Waals surface area (Å²) in [5.74, 6) is 0.863. The Bertz CT molecular complexity index is 181. The van der Waals surface area contributed by atoms with Gasteiger partial charge in [-0.2, -0.15) is 0 Å². The largest absolute Gasteiger partial charge is 0.394 e. The molecule has 1 N–H and O–H groups in total. The molecule has 0 atom stereocenters. The highest BCUT2D eigenvalue weighted by molar-refractivity contribution is 4.80. The molecule has 0 spiro atoms. The zero-order valence-electron chi connectivity index (χ0n) is 11.0. The molecule has 0 aromatic rings. The number of hydrogen-bond acceptors (Lipinski definition) is 3. The Balaban J connectivity index is 2.12. The van der Waals surface area contributed by atoms with Gasteiger partial charge in [-0.05, 0) is 37.3 Å². The van der Waals surface area contributed by atoms with Crippen molar-refractivity contribution in [2.75, 3.05) is 39.5 Å². The minimum Gasteiger partial charge on any atom is -0.394 e. The van der Waals surface area contributed by atoms with Crippen molar-refractivity contribution < 1.29 is 9.84 Å². The van der Waals surface area contributed by atoms with Gasteiger partial charge in [0.1, 0.15) is 0 Å². The minimum atomic E-state index is 0.131. The van der Waals surface area contributed by atoms with Gasteiger partial charge < -0.3 is 14.7 Å². The SMILES string of the molecule is CC(C)(C)C1CCN(CCOCCO)CC1. The molecular formula is C13H27NO2. The van der Waals surface area contributed by atoms with Gasteiger partial charge in [0.2, 0.25) is 0 Å². The monoisotopic (exact) mass is 229 g/mol.